The Labute approximate surface area is 112 Å². The molecule has 0 saturated carbocycles. The number of hydrogen-bond acceptors (Lipinski definition) is 4. The van der Waals surface area contributed by atoms with Crippen molar-refractivity contribution in [2.45, 2.75) is 58.2 Å². The van der Waals surface area contributed by atoms with Crippen molar-refractivity contribution in [3.05, 3.63) is 0 Å². The first-order valence-electron chi connectivity index (χ1n) is 7.00. The van der Waals surface area contributed by atoms with Crippen molar-refractivity contribution in [3.8, 4) is 0 Å². The monoisotopic (exact) mass is 276 g/mol. The van der Waals surface area contributed by atoms with Crippen LogP contribution in [0.5, 0.6) is 0 Å². The van der Waals surface area contributed by atoms with Gasteiger partial charge in [-0.2, -0.15) is 0 Å². The molecule has 0 radical (unpaired) electrons. The summed E-state index contributed by atoms with van der Waals surface area (Å²) < 4.78 is 22.7. The largest absolute Gasteiger partial charge is 0.314 e. The van der Waals surface area contributed by atoms with Gasteiger partial charge in [0.1, 0.15) is 9.84 Å². The minimum absolute atomic E-state index is 0.127. The Balaban J connectivity index is 2.46. The molecule has 3 unspecified atom stereocenters. The molecule has 0 spiro atoms. The predicted molar refractivity (Wildman–Crippen MR) is 76.7 cm³/mol. The molecule has 108 valence electrons. The molecular formula is C13H28N2O2S. The molecule has 1 N–H and O–H groups in total. The minimum Gasteiger partial charge on any atom is -0.314 e. The molecular weight excluding hydrogens is 248 g/mol. The summed E-state index contributed by atoms with van der Waals surface area (Å²) in [6.45, 7) is 8.49. The average Bonchev–Trinajstić information content (AvgIpc) is 2.23. The summed E-state index contributed by atoms with van der Waals surface area (Å²) in [5, 5.41) is 3.56. The molecule has 18 heavy (non-hydrogen) atoms. The van der Waals surface area contributed by atoms with E-state index in [9.17, 15) is 8.42 Å². The third-order valence-electron chi connectivity index (χ3n) is 3.72. The predicted octanol–water partition coefficient (Wildman–Crippen LogP) is 1.27. The number of hydrogen-bond donors (Lipinski definition) is 1. The van der Waals surface area contributed by atoms with Gasteiger partial charge in [-0.05, 0) is 39.7 Å². The molecule has 3 atom stereocenters. The van der Waals surface area contributed by atoms with Gasteiger partial charge in [0.2, 0.25) is 0 Å². The molecule has 0 aromatic heterocycles. The Hall–Kier alpha value is -0.130. The van der Waals surface area contributed by atoms with Crippen LogP contribution >= 0.6 is 0 Å². The van der Waals surface area contributed by atoms with Crippen molar-refractivity contribution in [1.29, 1.82) is 0 Å². The number of sulfone groups is 1. The average molecular weight is 276 g/mol. The molecule has 1 heterocycles. The second-order valence-corrected chi connectivity index (χ2v) is 7.89. The van der Waals surface area contributed by atoms with E-state index >= 15 is 0 Å². The summed E-state index contributed by atoms with van der Waals surface area (Å²) in [4.78, 5) is 2.34. The van der Waals surface area contributed by atoms with Crippen molar-refractivity contribution >= 4 is 9.84 Å². The van der Waals surface area contributed by atoms with E-state index in [1.165, 1.54) is 12.7 Å². The summed E-state index contributed by atoms with van der Waals surface area (Å²) in [6.07, 6.45) is 4.73. The van der Waals surface area contributed by atoms with Gasteiger partial charge in [-0.25, -0.2) is 8.42 Å². The number of piperidine rings is 1. The Morgan fingerprint density at radius 1 is 1.44 bits per heavy atom. The third-order valence-corrected chi connectivity index (χ3v) is 4.81. The fraction of sp³-hybridized carbons (Fsp3) is 1.00. The van der Waals surface area contributed by atoms with E-state index in [1.54, 1.807) is 0 Å². The molecule has 0 aromatic carbocycles. The van der Waals surface area contributed by atoms with Crippen LogP contribution in [-0.4, -0.2) is 56.5 Å². The highest BCUT2D eigenvalue weighted by atomic mass is 32.2. The molecule has 4 nitrogen and oxygen atoms in total. The van der Waals surface area contributed by atoms with E-state index in [0.29, 0.717) is 12.1 Å². The third kappa shape index (κ3) is 5.24. The van der Waals surface area contributed by atoms with E-state index in [-0.39, 0.29) is 11.8 Å². The second kappa shape index (κ2) is 6.87. The number of nitrogens with one attached hydrogen (secondary N) is 1. The quantitative estimate of drug-likeness (QED) is 0.794. The standard InChI is InChI=1S/C13H28N2O2S/c1-5-7-14-13-6-8-15(11(2)9-13)12(3)10-18(4,16)17/h11-14H,5-10H2,1-4H3. The minimum atomic E-state index is -2.88. The van der Waals surface area contributed by atoms with E-state index in [1.807, 2.05) is 6.92 Å². The molecule has 1 fully saturated rings. The molecule has 5 heteroatoms. The van der Waals surface area contributed by atoms with Crippen LogP contribution < -0.4 is 5.32 Å². The van der Waals surface area contributed by atoms with E-state index < -0.39 is 9.84 Å². The molecule has 0 aliphatic carbocycles. The fourth-order valence-electron chi connectivity index (χ4n) is 2.91. The van der Waals surface area contributed by atoms with E-state index in [0.717, 1.165) is 25.9 Å². The Morgan fingerprint density at radius 2 is 2.11 bits per heavy atom. The molecule has 1 rings (SSSR count). The van der Waals surface area contributed by atoms with Gasteiger partial charge >= 0.3 is 0 Å². The van der Waals surface area contributed by atoms with Crippen LogP contribution in [0.2, 0.25) is 0 Å². The second-order valence-electron chi connectivity index (χ2n) is 5.70. The van der Waals surface area contributed by atoms with Crippen molar-refractivity contribution in [2.75, 3.05) is 25.1 Å². The van der Waals surface area contributed by atoms with Crippen LogP contribution in [0.1, 0.15) is 40.0 Å². The van der Waals surface area contributed by atoms with Gasteiger partial charge in [0, 0.05) is 30.9 Å². The molecule has 1 aliphatic heterocycles. The lowest BCUT2D eigenvalue weighted by atomic mass is 9.97. The van der Waals surface area contributed by atoms with E-state index in [2.05, 4.69) is 24.1 Å². The van der Waals surface area contributed by atoms with E-state index in [4.69, 9.17) is 0 Å². The highest BCUT2D eigenvalue weighted by Crippen LogP contribution is 2.20. The van der Waals surface area contributed by atoms with Crippen molar-refractivity contribution < 1.29 is 8.42 Å². The first kappa shape index (κ1) is 15.9. The Bertz CT molecular complexity index is 343. The number of rotatable bonds is 6. The van der Waals surface area contributed by atoms with Gasteiger partial charge in [-0.1, -0.05) is 6.92 Å². The highest BCUT2D eigenvalue weighted by molar-refractivity contribution is 7.90. The first-order chi connectivity index (χ1) is 8.33. The lowest BCUT2D eigenvalue weighted by Gasteiger charge is -2.41. The normalized spacial score (nSPS) is 28.2. The van der Waals surface area contributed by atoms with Crippen molar-refractivity contribution in [1.82, 2.24) is 10.2 Å². The van der Waals surface area contributed by atoms with Crippen LogP contribution in [0.3, 0.4) is 0 Å². The van der Waals surface area contributed by atoms with Crippen LogP contribution in [0.15, 0.2) is 0 Å². The van der Waals surface area contributed by atoms with Crippen molar-refractivity contribution in [3.63, 3.8) is 0 Å². The summed E-state index contributed by atoms with van der Waals surface area (Å²) in [7, 11) is -2.88. The zero-order valence-corrected chi connectivity index (χ0v) is 13.0. The first-order valence-corrected chi connectivity index (χ1v) is 9.06. The number of likely N-dealkylation sites (tertiary alicyclic amines) is 1. The summed E-state index contributed by atoms with van der Waals surface area (Å²) in [6, 6.07) is 1.19. The lowest BCUT2D eigenvalue weighted by Crippen LogP contribution is -2.52. The molecule has 1 saturated heterocycles. The summed E-state index contributed by atoms with van der Waals surface area (Å²) in [5.41, 5.74) is 0. The Kier molecular flexibility index (Phi) is 6.08. The van der Waals surface area contributed by atoms with Crippen LogP contribution in [-0.2, 0) is 9.84 Å². The maximum absolute atomic E-state index is 11.4. The summed E-state index contributed by atoms with van der Waals surface area (Å²) >= 11 is 0. The van der Waals surface area contributed by atoms with Gasteiger partial charge in [0.15, 0.2) is 0 Å². The lowest BCUT2D eigenvalue weighted by molar-refractivity contribution is 0.105. The maximum atomic E-state index is 11.4. The molecule has 0 amide bonds. The smallest absolute Gasteiger partial charge is 0.148 e. The van der Waals surface area contributed by atoms with Gasteiger partial charge in [-0.15, -0.1) is 0 Å². The van der Waals surface area contributed by atoms with Gasteiger partial charge in [0.05, 0.1) is 5.75 Å². The molecule has 1 aliphatic rings. The highest BCUT2D eigenvalue weighted by Gasteiger charge is 2.29. The van der Waals surface area contributed by atoms with Crippen LogP contribution in [0, 0.1) is 0 Å². The molecule has 0 aromatic rings. The fourth-order valence-corrected chi connectivity index (χ4v) is 3.98. The maximum Gasteiger partial charge on any atom is 0.148 e. The summed E-state index contributed by atoms with van der Waals surface area (Å²) in [5.74, 6) is 0.268. The van der Waals surface area contributed by atoms with Gasteiger partial charge in [-0.3, -0.25) is 4.90 Å². The van der Waals surface area contributed by atoms with Gasteiger partial charge < -0.3 is 5.32 Å². The zero-order chi connectivity index (χ0) is 13.8. The topological polar surface area (TPSA) is 49.4 Å². The van der Waals surface area contributed by atoms with Gasteiger partial charge in [0.25, 0.3) is 0 Å². The van der Waals surface area contributed by atoms with Crippen LogP contribution in [0.4, 0.5) is 0 Å². The van der Waals surface area contributed by atoms with Crippen molar-refractivity contribution in [2.24, 2.45) is 0 Å². The molecule has 0 bridgehead atoms. The zero-order valence-electron chi connectivity index (χ0n) is 12.1. The van der Waals surface area contributed by atoms with Crippen LogP contribution in [0.25, 0.3) is 0 Å². The number of nitrogens with zero attached hydrogens (tertiary/aromatic N) is 1. The SMILES string of the molecule is CCCNC1CCN(C(C)CS(C)(=O)=O)C(C)C1. The Morgan fingerprint density at radius 3 is 2.61 bits per heavy atom.